The SMILES string of the molecule is CC(C)c1nncnc1O. The smallest absolute Gasteiger partial charge is 0.236 e. The third-order valence-electron chi connectivity index (χ3n) is 1.17. The fraction of sp³-hybridized carbons (Fsp3) is 0.500. The maximum atomic E-state index is 9.07. The number of rotatable bonds is 1. The fourth-order valence-electron chi connectivity index (χ4n) is 0.653. The highest BCUT2D eigenvalue weighted by atomic mass is 16.3. The minimum absolute atomic E-state index is 0.0231. The molecular formula is C6H9N3O. The average molecular weight is 139 g/mol. The van der Waals surface area contributed by atoms with E-state index >= 15 is 0 Å². The molecule has 1 N–H and O–H groups in total. The second-order valence-corrected chi connectivity index (χ2v) is 2.32. The van der Waals surface area contributed by atoms with Gasteiger partial charge in [0.25, 0.3) is 0 Å². The predicted octanol–water partition coefficient (Wildman–Crippen LogP) is 0.701. The summed E-state index contributed by atoms with van der Waals surface area (Å²) in [4.78, 5) is 3.58. The van der Waals surface area contributed by atoms with Crippen molar-refractivity contribution < 1.29 is 5.11 Å². The molecule has 0 saturated heterocycles. The first-order valence-electron chi connectivity index (χ1n) is 3.08. The highest BCUT2D eigenvalue weighted by Crippen LogP contribution is 2.17. The van der Waals surface area contributed by atoms with Gasteiger partial charge in [-0.05, 0) is 0 Å². The van der Waals surface area contributed by atoms with Crippen LogP contribution in [0.4, 0.5) is 0 Å². The van der Waals surface area contributed by atoms with Crippen molar-refractivity contribution in [1.29, 1.82) is 0 Å². The molecule has 1 heterocycles. The van der Waals surface area contributed by atoms with Crippen molar-refractivity contribution in [2.45, 2.75) is 19.8 Å². The van der Waals surface area contributed by atoms with E-state index in [0.717, 1.165) is 0 Å². The topological polar surface area (TPSA) is 58.9 Å². The molecule has 0 saturated carbocycles. The summed E-state index contributed by atoms with van der Waals surface area (Å²) < 4.78 is 0. The maximum Gasteiger partial charge on any atom is 0.236 e. The van der Waals surface area contributed by atoms with Gasteiger partial charge >= 0.3 is 0 Å². The Kier molecular flexibility index (Phi) is 1.80. The molecule has 0 aliphatic rings. The second-order valence-electron chi connectivity index (χ2n) is 2.32. The lowest BCUT2D eigenvalue weighted by Crippen LogP contribution is -1.96. The van der Waals surface area contributed by atoms with Gasteiger partial charge in [0.1, 0.15) is 12.0 Å². The van der Waals surface area contributed by atoms with Crippen molar-refractivity contribution in [2.24, 2.45) is 0 Å². The predicted molar refractivity (Wildman–Crippen MR) is 35.6 cm³/mol. The monoisotopic (exact) mass is 139 g/mol. The molecule has 1 aromatic heterocycles. The van der Waals surface area contributed by atoms with Crippen LogP contribution in [-0.2, 0) is 0 Å². The molecule has 4 nitrogen and oxygen atoms in total. The van der Waals surface area contributed by atoms with Gasteiger partial charge in [0.05, 0.1) is 0 Å². The fourth-order valence-corrected chi connectivity index (χ4v) is 0.653. The van der Waals surface area contributed by atoms with Gasteiger partial charge in [-0.2, -0.15) is 4.98 Å². The van der Waals surface area contributed by atoms with Crippen LogP contribution in [0.15, 0.2) is 6.33 Å². The number of hydrogen-bond donors (Lipinski definition) is 1. The Morgan fingerprint density at radius 3 is 2.60 bits per heavy atom. The van der Waals surface area contributed by atoms with Crippen molar-refractivity contribution in [1.82, 2.24) is 15.2 Å². The molecule has 0 radical (unpaired) electrons. The molecule has 54 valence electrons. The Hall–Kier alpha value is -1.19. The Labute approximate surface area is 58.9 Å². The summed E-state index contributed by atoms with van der Waals surface area (Å²) in [7, 11) is 0. The van der Waals surface area contributed by atoms with E-state index in [-0.39, 0.29) is 11.8 Å². The van der Waals surface area contributed by atoms with Gasteiger partial charge in [-0.3, -0.25) is 0 Å². The molecule has 0 unspecified atom stereocenters. The van der Waals surface area contributed by atoms with Crippen LogP contribution in [0.25, 0.3) is 0 Å². The zero-order valence-electron chi connectivity index (χ0n) is 5.94. The largest absolute Gasteiger partial charge is 0.492 e. The van der Waals surface area contributed by atoms with Crippen molar-refractivity contribution in [2.75, 3.05) is 0 Å². The zero-order valence-corrected chi connectivity index (χ0v) is 5.94. The van der Waals surface area contributed by atoms with Crippen molar-refractivity contribution in [3.63, 3.8) is 0 Å². The van der Waals surface area contributed by atoms with Crippen molar-refractivity contribution >= 4 is 0 Å². The van der Waals surface area contributed by atoms with Gasteiger partial charge < -0.3 is 5.11 Å². The molecule has 0 fully saturated rings. The number of nitrogens with zero attached hydrogens (tertiary/aromatic N) is 3. The van der Waals surface area contributed by atoms with Crippen LogP contribution in [0.5, 0.6) is 5.88 Å². The minimum atomic E-state index is -0.0231. The summed E-state index contributed by atoms with van der Waals surface area (Å²) in [5.41, 5.74) is 0.544. The standard InChI is InChI=1S/C6H9N3O/c1-4(2)5-6(10)7-3-8-9-5/h3-4H,1-2H3,(H,7,8,10). The van der Waals surface area contributed by atoms with Crippen molar-refractivity contribution in [3.8, 4) is 5.88 Å². The van der Waals surface area contributed by atoms with Crippen LogP contribution in [0, 0.1) is 0 Å². The lowest BCUT2D eigenvalue weighted by atomic mass is 10.1. The summed E-state index contributed by atoms with van der Waals surface area (Å²) in [5, 5.41) is 16.3. The van der Waals surface area contributed by atoms with Gasteiger partial charge in [0, 0.05) is 5.92 Å². The lowest BCUT2D eigenvalue weighted by Gasteiger charge is -2.01. The van der Waals surface area contributed by atoms with E-state index < -0.39 is 0 Å². The molecule has 4 heteroatoms. The summed E-state index contributed by atoms with van der Waals surface area (Å²) in [6.07, 6.45) is 1.22. The van der Waals surface area contributed by atoms with Gasteiger partial charge in [0.2, 0.25) is 5.88 Å². The Bertz CT molecular complexity index is 224. The van der Waals surface area contributed by atoms with Crippen LogP contribution < -0.4 is 0 Å². The quantitative estimate of drug-likeness (QED) is 0.622. The summed E-state index contributed by atoms with van der Waals surface area (Å²) in [5.74, 6) is 0.145. The molecule has 1 aromatic rings. The number of hydrogen-bond acceptors (Lipinski definition) is 4. The van der Waals surface area contributed by atoms with E-state index in [1.807, 2.05) is 13.8 Å². The second kappa shape index (κ2) is 2.60. The summed E-state index contributed by atoms with van der Waals surface area (Å²) in [6, 6.07) is 0. The normalized spacial score (nSPS) is 10.3. The van der Waals surface area contributed by atoms with E-state index in [1.165, 1.54) is 6.33 Å². The molecule has 0 atom stereocenters. The molecule has 0 amide bonds. The Balaban J connectivity index is 3.03. The molecule has 1 rings (SSSR count). The molecular weight excluding hydrogens is 130 g/mol. The first-order chi connectivity index (χ1) is 4.72. The lowest BCUT2D eigenvalue weighted by molar-refractivity contribution is 0.433. The van der Waals surface area contributed by atoms with E-state index in [9.17, 15) is 0 Å². The first kappa shape index (κ1) is 6.92. The molecule has 0 bridgehead atoms. The van der Waals surface area contributed by atoms with Crippen LogP contribution >= 0.6 is 0 Å². The maximum absolute atomic E-state index is 9.07. The van der Waals surface area contributed by atoms with E-state index in [4.69, 9.17) is 5.11 Å². The molecule has 0 aliphatic heterocycles. The Morgan fingerprint density at radius 2 is 2.20 bits per heavy atom. The van der Waals surface area contributed by atoms with Crippen LogP contribution in [-0.4, -0.2) is 20.3 Å². The van der Waals surface area contributed by atoms with Gasteiger partial charge in [-0.25, -0.2) is 0 Å². The van der Waals surface area contributed by atoms with Crippen molar-refractivity contribution in [3.05, 3.63) is 12.0 Å². The summed E-state index contributed by atoms with van der Waals surface area (Å²) >= 11 is 0. The third-order valence-corrected chi connectivity index (χ3v) is 1.17. The average Bonchev–Trinajstić information content (AvgIpc) is 1.88. The molecule has 0 aromatic carbocycles. The number of aromatic nitrogens is 3. The highest BCUT2D eigenvalue weighted by Gasteiger charge is 2.07. The summed E-state index contributed by atoms with van der Waals surface area (Å²) in [6.45, 7) is 3.84. The van der Waals surface area contributed by atoms with Gasteiger partial charge in [-0.1, -0.05) is 13.8 Å². The molecule has 10 heavy (non-hydrogen) atoms. The third kappa shape index (κ3) is 1.21. The van der Waals surface area contributed by atoms with E-state index in [1.54, 1.807) is 0 Å². The van der Waals surface area contributed by atoms with Crippen LogP contribution in [0.2, 0.25) is 0 Å². The number of aromatic hydroxyl groups is 1. The van der Waals surface area contributed by atoms with Gasteiger partial charge in [-0.15, -0.1) is 10.2 Å². The van der Waals surface area contributed by atoms with E-state index in [2.05, 4.69) is 15.2 Å². The highest BCUT2D eigenvalue weighted by molar-refractivity contribution is 5.16. The zero-order chi connectivity index (χ0) is 7.56. The Morgan fingerprint density at radius 1 is 1.50 bits per heavy atom. The van der Waals surface area contributed by atoms with Crippen LogP contribution in [0.3, 0.4) is 0 Å². The van der Waals surface area contributed by atoms with Crippen LogP contribution in [0.1, 0.15) is 25.5 Å². The molecule has 0 aliphatic carbocycles. The molecule has 0 spiro atoms. The van der Waals surface area contributed by atoms with Gasteiger partial charge in [0.15, 0.2) is 0 Å². The first-order valence-corrected chi connectivity index (χ1v) is 3.08. The van der Waals surface area contributed by atoms with E-state index in [0.29, 0.717) is 5.69 Å². The minimum Gasteiger partial charge on any atom is -0.492 e.